The molecule has 1 aromatic heterocycles. The predicted octanol–water partition coefficient (Wildman–Crippen LogP) is 4.18. The van der Waals surface area contributed by atoms with Gasteiger partial charge in [0.1, 0.15) is 10.6 Å². The minimum absolute atomic E-state index is 0.0605. The van der Waals surface area contributed by atoms with Gasteiger partial charge in [-0.15, -0.1) is 0 Å². The monoisotopic (exact) mass is 375 g/mol. The number of aryl methyl sites for hydroxylation is 2. The summed E-state index contributed by atoms with van der Waals surface area (Å²) in [4.78, 5) is 3.86. The summed E-state index contributed by atoms with van der Waals surface area (Å²) in [5, 5.41) is 0. The SMILES string of the molecule is Cc1cc(Oc2ccc(S(=O)(=O)Cl)cn2)cc(C)c1Br. The van der Waals surface area contributed by atoms with Crippen molar-refractivity contribution in [3.63, 3.8) is 0 Å². The van der Waals surface area contributed by atoms with Crippen LogP contribution in [0.15, 0.2) is 39.8 Å². The van der Waals surface area contributed by atoms with Crippen molar-refractivity contribution in [2.24, 2.45) is 0 Å². The van der Waals surface area contributed by atoms with Crippen LogP contribution in [0, 0.1) is 13.8 Å². The molecule has 0 aliphatic heterocycles. The molecule has 0 fully saturated rings. The lowest BCUT2D eigenvalue weighted by molar-refractivity contribution is 0.461. The molecule has 2 rings (SSSR count). The van der Waals surface area contributed by atoms with Crippen molar-refractivity contribution in [2.75, 3.05) is 0 Å². The first-order valence-corrected chi connectivity index (χ1v) is 8.73. The Balaban J connectivity index is 2.27. The van der Waals surface area contributed by atoms with Crippen molar-refractivity contribution in [3.8, 4) is 11.6 Å². The molecule has 4 nitrogen and oxygen atoms in total. The molecule has 7 heteroatoms. The third-order valence-corrected chi connectivity index (χ3v) is 5.21. The topological polar surface area (TPSA) is 56.3 Å². The highest BCUT2D eigenvalue weighted by molar-refractivity contribution is 9.10. The van der Waals surface area contributed by atoms with E-state index in [0.717, 1.165) is 21.8 Å². The second-order valence-corrected chi connectivity index (χ2v) is 7.60. The first-order valence-electron chi connectivity index (χ1n) is 5.62. The van der Waals surface area contributed by atoms with Gasteiger partial charge in [0.05, 0.1) is 6.20 Å². The van der Waals surface area contributed by atoms with Crippen LogP contribution in [0.4, 0.5) is 0 Å². The van der Waals surface area contributed by atoms with Crippen molar-refractivity contribution >= 4 is 35.7 Å². The standard InChI is InChI=1S/C13H11BrClNO3S/c1-8-5-10(6-9(2)13(8)14)19-12-4-3-11(7-16-12)20(15,17)18/h3-7H,1-2H3. The Morgan fingerprint density at radius 3 is 2.25 bits per heavy atom. The summed E-state index contributed by atoms with van der Waals surface area (Å²) in [6.45, 7) is 3.92. The Kier molecular flexibility index (Phi) is 4.36. The summed E-state index contributed by atoms with van der Waals surface area (Å²) in [6.07, 6.45) is 1.16. The van der Waals surface area contributed by atoms with Crippen LogP contribution < -0.4 is 4.74 Å². The average molecular weight is 377 g/mol. The number of hydrogen-bond donors (Lipinski definition) is 0. The molecule has 0 aliphatic rings. The van der Waals surface area contributed by atoms with Gasteiger partial charge >= 0.3 is 0 Å². The molecule has 0 atom stereocenters. The maximum Gasteiger partial charge on any atom is 0.262 e. The summed E-state index contributed by atoms with van der Waals surface area (Å²) in [5.41, 5.74) is 2.08. The number of hydrogen-bond acceptors (Lipinski definition) is 4. The van der Waals surface area contributed by atoms with Crippen LogP contribution in [0.25, 0.3) is 0 Å². The highest BCUT2D eigenvalue weighted by Gasteiger charge is 2.11. The maximum atomic E-state index is 11.1. The molecule has 0 spiro atoms. The largest absolute Gasteiger partial charge is 0.439 e. The van der Waals surface area contributed by atoms with Gasteiger partial charge < -0.3 is 4.74 Å². The Morgan fingerprint density at radius 1 is 1.20 bits per heavy atom. The number of benzene rings is 1. The van der Waals surface area contributed by atoms with Gasteiger partial charge in [-0.05, 0) is 43.2 Å². The fraction of sp³-hybridized carbons (Fsp3) is 0.154. The summed E-state index contributed by atoms with van der Waals surface area (Å²) in [7, 11) is 1.45. The van der Waals surface area contributed by atoms with E-state index in [9.17, 15) is 8.42 Å². The van der Waals surface area contributed by atoms with E-state index in [2.05, 4.69) is 20.9 Å². The number of rotatable bonds is 3. The van der Waals surface area contributed by atoms with Crippen LogP contribution in [-0.2, 0) is 9.05 Å². The van der Waals surface area contributed by atoms with Gasteiger partial charge in [0, 0.05) is 21.2 Å². The summed E-state index contributed by atoms with van der Waals surface area (Å²) < 4.78 is 28.8. The van der Waals surface area contributed by atoms with Crippen molar-refractivity contribution in [3.05, 3.63) is 46.1 Å². The Hall–Kier alpha value is -1.11. The Bertz CT molecular complexity index is 722. The van der Waals surface area contributed by atoms with Gasteiger partial charge in [0.15, 0.2) is 0 Å². The van der Waals surface area contributed by atoms with Crippen molar-refractivity contribution in [1.29, 1.82) is 0 Å². The van der Waals surface area contributed by atoms with Crippen molar-refractivity contribution in [2.45, 2.75) is 18.7 Å². The van der Waals surface area contributed by atoms with Gasteiger partial charge in [-0.1, -0.05) is 15.9 Å². The molecule has 0 aliphatic carbocycles. The van der Waals surface area contributed by atoms with Crippen molar-refractivity contribution in [1.82, 2.24) is 4.98 Å². The second-order valence-electron chi connectivity index (χ2n) is 4.24. The molecule has 0 saturated carbocycles. The molecule has 0 unspecified atom stereocenters. The number of halogens is 2. The van der Waals surface area contributed by atoms with E-state index in [1.54, 1.807) is 0 Å². The highest BCUT2D eigenvalue weighted by Crippen LogP contribution is 2.29. The van der Waals surface area contributed by atoms with Crippen molar-refractivity contribution < 1.29 is 13.2 Å². The molecule has 106 valence electrons. The van der Waals surface area contributed by atoms with E-state index in [1.807, 2.05) is 26.0 Å². The van der Waals surface area contributed by atoms with Gasteiger partial charge in [0.2, 0.25) is 5.88 Å². The summed E-state index contributed by atoms with van der Waals surface area (Å²) in [6, 6.07) is 6.54. The number of ether oxygens (including phenoxy) is 1. The van der Waals surface area contributed by atoms with E-state index in [4.69, 9.17) is 15.4 Å². The van der Waals surface area contributed by atoms with E-state index >= 15 is 0 Å². The minimum Gasteiger partial charge on any atom is -0.439 e. The van der Waals surface area contributed by atoms with Crippen LogP contribution in [0.1, 0.15) is 11.1 Å². The van der Waals surface area contributed by atoms with Crippen LogP contribution in [-0.4, -0.2) is 13.4 Å². The molecule has 20 heavy (non-hydrogen) atoms. The molecule has 0 saturated heterocycles. The average Bonchev–Trinajstić information content (AvgIpc) is 2.35. The fourth-order valence-electron chi connectivity index (χ4n) is 1.66. The van der Waals surface area contributed by atoms with Gasteiger partial charge in [-0.2, -0.15) is 0 Å². The molecule has 0 amide bonds. The quantitative estimate of drug-likeness (QED) is 0.754. The summed E-state index contributed by atoms with van der Waals surface area (Å²) in [5.74, 6) is 0.937. The molecule has 0 bridgehead atoms. The van der Waals surface area contributed by atoms with Crippen LogP contribution in [0.2, 0.25) is 0 Å². The van der Waals surface area contributed by atoms with Crippen LogP contribution in [0.5, 0.6) is 11.6 Å². The third kappa shape index (κ3) is 3.50. The van der Waals surface area contributed by atoms with Crippen LogP contribution >= 0.6 is 26.6 Å². The molecule has 1 heterocycles. The lowest BCUT2D eigenvalue weighted by atomic mass is 10.1. The van der Waals surface area contributed by atoms with E-state index in [1.165, 1.54) is 12.1 Å². The zero-order valence-corrected chi connectivity index (χ0v) is 13.9. The van der Waals surface area contributed by atoms with E-state index in [-0.39, 0.29) is 4.90 Å². The fourth-order valence-corrected chi connectivity index (χ4v) is 2.57. The van der Waals surface area contributed by atoms with Gasteiger partial charge in [0.25, 0.3) is 9.05 Å². The van der Waals surface area contributed by atoms with Gasteiger partial charge in [-0.3, -0.25) is 0 Å². The normalized spacial score (nSPS) is 11.4. The molecule has 2 aromatic rings. The maximum absolute atomic E-state index is 11.1. The van der Waals surface area contributed by atoms with Gasteiger partial charge in [-0.25, -0.2) is 13.4 Å². The molecular formula is C13H11BrClNO3S. The second kappa shape index (κ2) is 5.71. The Labute approximate surface area is 130 Å². The molecular weight excluding hydrogens is 366 g/mol. The number of nitrogens with zero attached hydrogens (tertiary/aromatic N) is 1. The lowest BCUT2D eigenvalue weighted by Gasteiger charge is -2.09. The van der Waals surface area contributed by atoms with E-state index < -0.39 is 9.05 Å². The third-order valence-electron chi connectivity index (χ3n) is 2.62. The zero-order chi connectivity index (χ0) is 14.9. The first-order chi connectivity index (χ1) is 9.27. The lowest BCUT2D eigenvalue weighted by Crippen LogP contribution is -1.94. The molecule has 1 aromatic carbocycles. The highest BCUT2D eigenvalue weighted by atomic mass is 79.9. The molecule has 0 N–H and O–H groups in total. The smallest absolute Gasteiger partial charge is 0.262 e. The van der Waals surface area contributed by atoms with E-state index in [0.29, 0.717) is 11.6 Å². The van der Waals surface area contributed by atoms with Crippen LogP contribution in [0.3, 0.4) is 0 Å². The first kappa shape index (κ1) is 15.3. The number of pyridine rings is 1. The zero-order valence-electron chi connectivity index (χ0n) is 10.7. The Morgan fingerprint density at radius 2 is 1.80 bits per heavy atom. The number of aromatic nitrogens is 1. The molecule has 0 radical (unpaired) electrons. The summed E-state index contributed by atoms with van der Waals surface area (Å²) >= 11 is 3.48. The minimum atomic E-state index is -3.76. The predicted molar refractivity (Wildman–Crippen MR) is 81.0 cm³/mol.